The maximum absolute atomic E-state index is 15.3. The molecule has 0 aliphatic carbocycles. The number of fused-ring (bicyclic) bond motifs is 10. The molecule has 0 N–H and O–H groups in total. The molecule has 0 saturated carbocycles. The van der Waals surface area contributed by atoms with E-state index in [1.807, 2.05) is 231 Å². The zero-order chi connectivity index (χ0) is 85.9. The molecule has 0 fully saturated rings. The molecule has 3 aliphatic rings. The fourth-order valence-corrected chi connectivity index (χ4v) is 34.4. The SMILES string of the molecule is O=P1(c2ccccc2)c2ccccc2-n2c(-c3ccc(-c4ccc5ccc6cccnc6c5n4)cc3)nc3cccc1c32.O=P1(c2ccccc2)c2ccccc2-n2c(-c3ccc(-c4nc5ccccc5s4)cc3)nc3cccc1c32.O=P1(c2ccccc2)c2ccccc2-n2c(-c3ccc([Si](c4ccccc4)(c4ccccc4)c4ccccc4)cc3)nc3cccc1c32. The van der Waals surface area contributed by atoms with Gasteiger partial charge in [-0.15, -0.1) is 11.3 Å². The molecular weight excluding hydrogens is 1670 g/mol. The highest BCUT2D eigenvalue weighted by atomic mass is 32.1. The minimum Gasteiger partial charge on any atom is -0.308 e. The second-order valence-corrected chi connectivity index (χ2v) is 45.5. The van der Waals surface area contributed by atoms with Crippen LogP contribution in [0.15, 0.2) is 449 Å². The van der Waals surface area contributed by atoms with Gasteiger partial charge in [0, 0.05) is 92.5 Å². The molecule has 610 valence electrons. The number of rotatable bonds is 12. The van der Waals surface area contributed by atoms with Gasteiger partial charge in [0.15, 0.2) is 29.5 Å². The van der Waals surface area contributed by atoms with Crippen LogP contribution < -0.4 is 68.5 Å². The average Bonchev–Trinajstić information content (AvgIpc) is 1.60. The van der Waals surface area contributed by atoms with Crippen molar-refractivity contribution in [2.45, 2.75) is 0 Å². The van der Waals surface area contributed by atoms with Crippen molar-refractivity contribution in [3.8, 4) is 73.1 Å². The Hall–Kier alpha value is -15.2. The van der Waals surface area contributed by atoms with Crippen LogP contribution in [0, 0.1) is 0 Å². The predicted octanol–water partition coefficient (Wildman–Crippen LogP) is 20.4. The molecule has 6 aromatic heterocycles. The lowest BCUT2D eigenvalue weighted by atomic mass is 10.1. The van der Waals surface area contributed by atoms with E-state index >= 15 is 13.7 Å². The summed E-state index contributed by atoms with van der Waals surface area (Å²) in [6.45, 7) is 0. The van der Waals surface area contributed by atoms with Crippen LogP contribution in [-0.4, -0.2) is 51.7 Å². The number of para-hydroxylation sites is 7. The first-order chi connectivity index (χ1) is 63.6. The minimum absolute atomic E-state index is 0.822. The number of hydrogen-bond donors (Lipinski definition) is 0. The maximum atomic E-state index is 15.3. The molecule has 3 unspecified atom stereocenters. The van der Waals surface area contributed by atoms with Gasteiger partial charge < -0.3 is 13.7 Å². The lowest BCUT2D eigenvalue weighted by molar-refractivity contribution is 0.591. The number of imidazole rings is 3. The van der Waals surface area contributed by atoms with Crippen molar-refractivity contribution in [1.29, 1.82) is 0 Å². The number of benzene rings is 17. The molecule has 0 amide bonds. The Bertz CT molecular complexity index is 8410. The van der Waals surface area contributed by atoms with Crippen LogP contribution in [0.25, 0.3) is 138 Å². The van der Waals surface area contributed by atoms with E-state index in [0.717, 1.165) is 181 Å². The van der Waals surface area contributed by atoms with Gasteiger partial charge in [-0.2, -0.15) is 0 Å². The van der Waals surface area contributed by atoms with E-state index in [2.05, 4.69) is 237 Å². The van der Waals surface area contributed by atoms with Crippen molar-refractivity contribution < 1.29 is 13.7 Å². The summed E-state index contributed by atoms with van der Waals surface area (Å²) in [6, 6.07) is 151. The topological polar surface area (TPSA) is 143 Å². The molecule has 12 nitrogen and oxygen atoms in total. The van der Waals surface area contributed by atoms with Gasteiger partial charge >= 0.3 is 0 Å². The third-order valence-corrected chi connectivity index (χ3v) is 40.7. The first kappa shape index (κ1) is 77.3. The summed E-state index contributed by atoms with van der Waals surface area (Å²) < 4.78 is 53.3. The number of pyridine rings is 2. The van der Waals surface area contributed by atoms with Gasteiger partial charge in [0.05, 0.1) is 77.1 Å². The van der Waals surface area contributed by atoms with Crippen LogP contribution >= 0.6 is 32.8 Å². The third kappa shape index (κ3) is 12.3. The van der Waals surface area contributed by atoms with Gasteiger partial charge in [0.1, 0.15) is 22.5 Å². The summed E-state index contributed by atoms with van der Waals surface area (Å²) in [4.78, 5) is 29.9. The van der Waals surface area contributed by atoms with Crippen molar-refractivity contribution in [2.24, 2.45) is 0 Å². The molecule has 26 rings (SSSR count). The van der Waals surface area contributed by atoms with E-state index in [1.165, 1.54) is 25.4 Å². The van der Waals surface area contributed by atoms with E-state index in [-0.39, 0.29) is 0 Å². The molecule has 0 spiro atoms. The van der Waals surface area contributed by atoms with Crippen LogP contribution in [0.4, 0.5) is 0 Å². The van der Waals surface area contributed by atoms with Crippen LogP contribution in [0.1, 0.15) is 0 Å². The van der Waals surface area contributed by atoms with E-state index in [0.29, 0.717) is 0 Å². The van der Waals surface area contributed by atoms with Crippen molar-refractivity contribution in [3.63, 3.8) is 0 Å². The Morgan fingerprint density at radius 1 is 0.240 bits per heavy atom. The first-order valence-corrected chi connectivity index (χ1v) is 50.9. The Labute approximate surface area is 748 Å². The Kier molecular flexibility index (Phi) is 18.7. The highest BCUT2D eigenvalue weighted by Crippen LogP contribution is 2.54. The Morgan fingerprint density at radius 3 is 0.984 bits per heavy atom. The summed E-state index contributed by atoms with van der Waals surface area (Å²) in [5.41, 5.74) is 16.8. The number of aromatic nitrogens is 9. The third-order valence-electron chi connectivity index (χ3n) is 25.5. The van der Waals surface area contributed by atoms with E-state index < -0.39 is 29.5 Å². The predicted molar refractivity (Wildman–Crippen MR) is 537 cm³/mol. The zero-order valence-corrected chi connectivity index (χ0v) is 73.7. The number of thiazole rings is 1. The quantitative estimate of drug-likeness (QED) is 0.0505. The molecule has 0 radical (unpaired) electrons. The smallest absolute Gasteiger partial charge is 0.179 e. The minimum atomic E-state index is -3.13. The monoisotopic (exact) mass is 1750 g/mol. The summed E-state index contributed by atoms with van der Waals surface area (Å²) in [6.07, 6.45) is 1.81. The second-order valence-electron chi connectivity index (χ2n) is 32.5. The van der Waals surface area contributed by atoms with Crippen molar-refractivity contribution in [3.05, 3.63) is 449 Å². The molecule has 17 heteroatoms. The van der Waals surface area contributed by atoms with E-state index in [1.54, 1.807) is 11.3 Å². The normalized spacial score (nSPS) is 15.6. The highest BCUT2D eigenvalue weighted by Gasteiger charge is 2.45. The molecule has 23 aromatic rings. The summed E-state index contributed by atoms with van der Waals surface area (Å²) >= 11 is 1.70. The fraction of sp³-hybridized carbons (Fsp3) is 0. The van der Waals surface area contributed by atoms with Gasteiger partial charge in [0.2, 0.25) is 0 Å². The van der Waals surface area contributed by atoms with E-state index in [4.69, 9.17) is 24.9 Å². The molecule has 9 heterocycles. The summed E-state index contributed by atoms with van der Waals surface area (Å²) in [5, 5.41) is 16.0. The second kappa shape index (κ2) is 31.1. The summed E-state index contributed by atoms with van der Waals surface area (Å²) in [5.74, 6) is 2.51. The number of hydrogen-bond acceptors (Lipinski definition) is 10. The van der Waals surface area contributed by atoms with Crippen LogP contribution in [0.5, 0.6) is 0 Å². The maximum Gasteiger partial charge on any atom is 0.179 e. The molecule has 129 heavy (non-hydrogen) atoms. The Balaban J connectivity index is 0.000000108. The van der Waals surface area contributed by atoms with Crippen molar-refractivity contribution in [1.82, 2.24) is 43.6 Å². The average molecular weight is 1750 g/mol. The molecule has 17 aromatic carbocycles. The van der Waals surface area contributed by atoms with E-state index in [9.17, 15) is 0 Å². The summed E-state index contributed by atoms with van der Waals surface area (Å²) in [7, 11) is -12.0. The van der Waals surface area contributed by atoms with Crippen molar-refractivity contribution in [2.75, 3.05) is 0 Å². The van der Waals surface area contributed by atoms with Gasteiger partial charge in [-0.25, -0.2) is 24.9 Å². The largest absolute Gasteiger partial charge is 0.308 e. The van der Waals surface area contributed by atoms with Crippen LogP contribution in [0.2, 0.25) is 0 Å². The lowest BCUT2D eigenvalue weighted by Crippen LogP contribution is -2.74. The zero-order valence-electron chi connectivity index (χ0n) is 69.2. The van der Waals surface area contributed by atoms with Gasteiger partial charge in [-0.3, -0.25) is 18.7 Å². The molecule has 3 aliphatic heterocycles. The van der Waals surface area contributed by atoms with Gasteiger partial charge in [-0.05, 0) is 118 Å². The van der Waals surface area contributed by atoms with Gasteiger partial charge in [0.25, 0.3) is 0 Å². The molecule has 3 atom stereocenters. The van der Waals surface area contributed by atoms with Crippen LogP contribution in [0.3, 0.4) is 0 Å². The molecule has 0 saturated heterocycles. The molecule has 0 bridgehead atoms. The Morgan fingerprint density at radius 2 is 0.566 bits per heavy atom. The van der Waals surface area contributed by atoms with Crippen molar-refractivity contribution >= 4 is 174 Å². The lowest BCUT2D eigenvalue weighted by Gasteiger charge is -2.34. The standard InChI is InChI=1S/C43H31N2OPSi.C37H23N4OP.C32H20N3OPS/c46-47(33-16-5-1-6-17-33)40-26-14-13-25-39(40)45-42-38(24-15-27-41(42)47)44-43(45)32-28-30-37(31-29-32)48(34-18-7-2-8-19-34,35-20-9-3-10-21-35)36-22-11-4-12-23-36;42-43(28-9-2-1-3-10-28)32-13-5-4-12-31(32)41-36-30(11-6-14-33(36)43)40-37(41)27-19-15-24(16-20-27)29-22-21-26-18-17-25-8-7-23-38-34(25)35(26)39-29;36-37(23-9-2-1-3-10-23)27-14-6-5-13-26(27)35-30-25(12-8-15-28(30)37)33-31(35)21-17-19-22(20-18-21)32-34-24-11-4-7-16-29(24)38-32/h1-31H;1-23H;1-20H. The molecular formula is C112H74N9O3P3SSi. The highest BCUT2D eigenvalue weighted by molar-refractivity contribution is 7.87. The van der Waals surface area contributed by atoms with Gasteiger partial charge in [-0.1, -0.05) is 346 Å². The fourth-order valence-electron chi connectivity index (χ4n) is 19.6. The number of nitrogens with zero attached hydrogens (tertiary/aromatic N) is 9. The van der Waals surface area contributed by atoms with Crippen LogP contribution in [-0.2, 0) is 13.7 Å². The first-order valence-electron chi connectivity index (χ1n) is 42.9.